The maximum absolute atomic E-state index is 12.7. The molecule has 0 radical (unpaired) electrons. The summed E-state index contributed by atoms with van der Waals surface area (Å²) in [5.41, 5.74) is 5.70. The van der Waals surface area contributed by atoms with Crippen LogP contribution in [-0.2, 0) is 18.4 Å². The third-order valence-electron chi connectivity index (χ3n) is 5.63. The summed E-state index contributed by atoms with van der Waals surface area (Å²) in [6, 6.07) is 16.6. The zero-order valence-electron chi connectivity index (χ0n) is 17.1. The molecule has 1 saturated heterocycles. The molecule has 0 atom stereocenters. The highest BCUT2D eigenvalue weighted by molar-refractivity contribution is 5.92. The van der Waals surface area contributed by atoms with E-state index < -0.39 is 0 Å². The first kappa shape index (κ1) is 19.4. The van der Waals surface area contributed by atoms with Crippen LogP contribution in [-0.4, -0.2) is 33.7 Å². The predicted molar refractivity (Wildman–Crippen MR) is 116 cm³/mol. The highest BCUT2D eigenvalue weighted by Crippen LogP contribution is 2.24. The normalized spacial score (nSPS) is 15.4. The van der Waals surface area contributed by atoms with Gasteiger partial charge < -0.3 is 5.32 Å². The lowest BCUT2D eigenvalue weighted by Gasteiger charge is -2.30. The summed E-state index contributed by atoms with van der Waals surface area (Å²) < 4.78 is 1.83. The van der Waals surface area contributed by atoms with Gasteiger partial charge in [0.25, 0.3) is 0 Å². The number of hydrogen-bond acceptors (Lipinski definition) is 3. The van der Waals surface area contributed by atoms with Crippen molar-refractivity contribution < 1.29 is 4.79 Å². The molecule has 1 aliphatic rings. The van der Waals surface area contributed by atoms with Crippen molar-refractivity contribution in [2.75, 3.05) is 18.4 Å². The van der Waals surface area contributed by atoms with Gasteiger partial charge in [-0.2, -0.15) is 5.10 Å². The number of carbonyl (C=O) groups excluding carboxylic acids is 1. The van der Waals surface area contributed by atoms with E-state index in [0.29, 0.717) is 0 Å². The molecule has 150 valence electrons. The molecular formula is C24H28N4O. The summed E-state index contributed by atoms with van der Waals surface area (Å²) in [6.07, 6.45) is 5.76. The first-order chi connectivity index (χ1) is 14.1. The van der Waals surface area contributed by atoms with Crippen LogP contribution in [0.25, 0.3) is 11.1 Å². The molecule has 0 spiro atoms. The Morgan fingerprint density at radius 1 is 1.10 bits per heavy atom. The Hall–Kier alpha value is -2.92. The Kier molecular flexibility index (Phi) is 5.76. The molecule has 0 aliphatic carbocycles. The summed E-state index contributed by atoms with van der Waals surface area (Å²) in [7, 11) is 1.94. The lowest BCUT2D eigenvalue weighted by atomic mass is 9.95. The summed E-state index contributed by atoms with van der Waals surface area (Å²) in [5.74, 6) is 0.214. The third-order valence-corrected chi connectivity index (χ3v) is 5.63. The first-order valence-corrected chi connectivity index (χ1v) is 10.2. The molecule has 1 aliphatic heterocycles. The van der Waals surface area contributed by atoms with E-state index in [0.717, 1.165) is 43.7 Å². The molecule has 2 aromatic carbocycles. The zero-order chi connectivity index (χ0) is 20.2. The first-order valence-electron chi connectivity index (χ1n) is 10.2. The Bertz CT molecular complexity index is 969. The highest BCUT2D eigenvalue weighted by Gasteiger charge is 2.25. The van der Waals surface area contributed by atoms with Crippen molar-refractivity contribution in [3.05, 3.63) is 72.1 Å². The summed E-state index contributed by atoms with van der Waals surface area (Å²) in [5, 5.41) is 7.33. The zero-order valence-corrected chi connectivity index (χ0v) is 17.1. The van der Waals surface area contributed by atoms with Crippen molar-refractivity contribution in [2.24, 2.45) is 13.0 Å². The second kappa shape index (κ2) is 8.62. The summed E-state index contributed by atoms with van der Waals surface area (Å²) >= 11 is 0. The van der Waals surface area contributed by atoms with Crippen LogP contribution in [0.1, 0.15) is 24.0 Å². The number of likely N-dealkylation sites (tertiary alicyclic amines) is 1. The molecule has 1 fully saturated rings. The van der Waals surface area contributed by atoms with Gasteiger partial charge in [-0.15, -0.1) is 0 Å². The number of nitrogens with zero attached hydrogens (tertiary/aromatic N) is 3. The van der Waals surface area contributed by atoms with Gasteiger partial charge in [0.15, 0.2) is 0 Å². The largest absolute Gasteiger partial charge is 0.326 e. The van der Waals surface area contributed by atoms with Crippen molar-refractivity contribution in [3.63, 3.8) is 0 Å². The van der Waals surface area contributed by atoms with Crippen LogP contribution in [0.15, 0.2) is 60.9 Å². The number of aryl methyl sites for hydroxylation is 2. The number of rotatable bonds is 5. The van der Waals surface area contributed by atoms with Crippen LogP contribution in [0.2, 0.25) is 0 Å². The van der Waals surface area contributed by atoms with E-state index in [2.05, 4.69) is 64.8 Å². The molecule has 29 heavy (non-hydrogen) atoms. The number of anilines is 1. The van der Waals surface area contributed by atoms with Gasteiger partial charge in [0.1, 0.15) is 0 Å². The fraction of sp³-hybridized carbons (Fsp3) is 0.333. The van der Waals surface area contributed by atoms with E-state index in [9.17, 15) is 4.79 Å². The van der Waals surface area contributed by atoms with E-state index in [1.807, 2.05) is 30.1 Å². The van der Waals surface area contributed by atoms with E-state index >= 15 is 0 Å². The molecular weight excluding hydrogens is 360 g/mol. The van der Waals surface area contributed by atoms with Gasteiger partial charge in [-0.25, -0.2) is 0 Å². The van der Waals surface area contributed by atoms with E-state index in [4.69, 9.17) is 0 Å². The fourth-order valence-corrected chi connectivity index (χ4v) is 3.98. The molecule has 3 aromatic rings. The van der Waals surface area contributed by atoms with Gasteiger partial charge in [-0.05, 0) is 56.1 Å². The average molecular weight is 389 g/mol. The second-order valence-electron chi connectivity index (χ2n) is 8.01. The third kappa shape index (κ3) is 4.93. The minimum atomic E-state index is 0.0802. The molecule has 5 nitrogen and oxygen atoms in total. The number of aromatic nitrogens is 2. The number of amides is 1. The lowest BCUT2D eigenvalue weighted by Crippen LogP contribution is -2.37. The topological polar surface area (TPSA) is 50.2 Å². The second-order valence-corrected chi connectivity index (χ2v) is 8.01. The molecule has 4 rings (SSSR count). The molecule has 0 unspecified atom stereocenters. The van der Waals surface area contributed by atoms with Crippen molar-refractivity contribution in [2.45, 2.75) is 26.3 Å². The van der Waals surface area contributed by atoms with Crippen LogP contribution in [0.4, 0.5) is 5.69 Å². The molecule has 0 saturated carbocycles. The van der Waals surface area contributed by atoms with Crippen LogP contribution in [0.5, 0.6) is 0 Å². The number of benzene rings is 2. The predicted octanol–water partition coefficient (Wildman–Crippen LogP) is 4.25. The number of piperidine rings is 1. The van der Waals surface area contributed by atoms with Gasteiger partial charge >= 0.3 is 0 Å². The Balaban J connectivity index is 1.29. The molecule has 2 heterocycles. The van der Waals surface area contributed by atoms with E-state index in [-0.39, 0.29) is 11.8 Å². The molecule has 0 bridgehead atoms. The summed E-state index contributed by atoms with van der Waals surface area (Å²) in [6.45, 7) is 4.89. The van der Waals surface area contributed by atoms with Gasteiger partial charge in [-0.3, -0.25) is 14.4 Å². The van der Waals surface area contributed by atoms with Crippen LogP contribution < -0.4 is 5.32 Å². The van der Waals surface area contributed by atoms with Crippen LogP contribution >= 0.6 is 0 Å². The van der Waals surface area contributed by atoms with E-state index in [1.54, 1.807) is 0 Å². The SMILES string of the molecule is Cc1cccc(-c2ccc(NC(=O)C3CCN(Cc4cnn(C)c4)CC3)cc2)c1. The van der Waals surface area contributed by atoms with Crippen LogP contribution in [0.3, 0.4) is 0 Å². The number of hydrogen-bond donors (Lipinski definition) is 1. The maximum atomic E-state index is 12.7. The van der Waals surface area contributed by atoms with E-state index in [1.165, 1.54) is 16.7 Å². The van der Waals surface area contributed by atoms with Gasteiger partial charge in [-0.1, -0.05) is 42.0 Å². The quantitative estimate of drug-likeness (QED) is 0.711. The Morgan fingerprint density at radius 3 is 2.52 bits per heavy atom. The molecule has 1 amide bonds. The molecule has 1 aromatic heterocycles. The minimum Gasteiger partial charge on any atom is -0.326 e. The highest BCUT2D eigenvalue weighted by atomic mass is 16.1. The smallest absolute Gasteiger partial charge is 0.227 e. The maximum Gasteiger partial charge on any atom is 0.227 e. The lowest BCUT2D eigenvalue weighted by molar-refractivity contribution is -0.121. The van der Waals surface area contributed by atoms with Crippen molar-refractivity contribution in [3.8, 4) is 11.1 Å². The average Bonchev–Trinajstić information content (AvgIpc) is 3.13. The number of nitrogens with one attached hydrogen (secondary N) is 1. The number of carbonyl (C=O) groups is 1. The van der Waals surface area contributed by atoms with Gasteiger partial charge in [0.2, 0.25) is 5.91 Å². The monoisotopic (exact) mass is 388 g/mol. The van der Waals surface area contributed by atoms with Crippen molar-refractivity contribution in [1.82, 2.24) is 14.7 Å². The van der Waals surface area contributed by atoms with Crippen LogP contribution in [0, 0.1) is 12.8 Å². The molecule has 5 heteroatoms. The van der Waals surface area contributed by atoms with Crippen molar-refractivity contribution in [1.29, 1.82) is 0 Å². The summed E-state index contributed by atoms with van der Waals surface area (Å²) in [4.78, 5) is 15.1. The minimum absolute atomic E-state index is 0.0802. The Labute approximate surface area is 172 Å². The molecule has 1 N–H and O–H groups in total. The Morgan fingerprint density at radius 2 is 1.86 bits per heavy atom. The van der Waals surface area contributed by atoms with Gasteiger partial charge in [0.05, 0.1) is 6.20 Å². The van der Waals surface area contributed by atoms with Gasteiger partial charge in [0, 0.05) is 37.0 Å². The fourth-order valence-electron chi connectivity index (χ4n) is 3.98. The van der Waals surface area contributed by atoms with Crippen molar-refractivity contribution >= 4 is 11.6 Å². The standard InChI is InChI=1S/C24H28N4O/c1-18-4-3-5-22(14-18)20-6-8-23(9-7-20)26-24(29)21-10-12-28(13-11-21)17-19-15-25-27(2)16-19/h3-9,14-16,21H,10-13,17H2,1-2H3,(H,26,29).